The van der Waals surface area contributed by atoms with Crippen LogP contribution in [0.3, 0.4) is 0 Å². The van der Waals surface area contributed by atoms with Gasteiger partial charge in [-0.25, -0.2) is 0 Å². The number of nitrogens with zero attached hydrogens (tertiary/aromatic N) is 1. The number of nitrogens with one attached hydrogen (secondary N) is 3. The van der Waals surface area contributed by atoms with Gasteiger partial charge in [0.25, 0.3) is 0 Å². The van der Waals surface area contributed by atoms with Gasteiger partial charge in [0.1, 0.15) is 0 Å². The third kappa shape index (κ3) is 4.29. The van der Waals surface area contributed by atoms with Crippen LogP contribution in [0.5, 0.6) is 0 Å². The highest BCUT2D eigenvalue weighted by Crippen LogP contribution is 2.49. The molecular weight excluding hydrogens is 368 g/mol. The topological polar surface area (TPSA) is 65.5 Å². The van der Waals surface area contributed by atoms with E-state index in [9.17, 15) is 4.79 Å². The van der Waals surface area contributed by atoms with Gasteiger partial charge in [0.15, 0.2) is 5.96 Å². The molecule has 6 heteroatoms. The number of hydrogen-bond acceptors (Lipinski definition) is 2. The Labute approximate surface area is 151 Å². The predicted octanol–water partition coefficient (Wildman–Crippen LogP) is 2.17. The second-order valence-corrected chi connectivity index (χ2v) is 7.53. The lowest BCUT2D eigenvalue weighted by Gasteiger charge is -2.20. The maximum Gasteiger partial charge on any atom is 0.223 e. The minimum Gasteiger partial charge on any atom is -0.356 e. The highest BCUT2D eigenvalue weighted by molar-refractivity contribution is 9.10. The fourth-order valence-electron chi connectivity index (χ4n) is 2.91. The van der Waals surface area contributed by atoms with Gasteiger partial charge < -0.3 is 16.0 Å². The molecule has 0 bridgehead atoms. The molecule has 2 aliphatic carbocycles. The Hall–Kier alpha value is -1.56. The van der Waals surface area contributed by atoms with E-state index in [0.29, 0.717) is 13.1 Å². The Kier molecular flexibility index (Phi) is 5.43. The van der Waals surface area contributed by atoms with E-state index in [4.69, 9.17) is 0 Å². The smallest absolute Gasteiger partial charge is 0.223 e. The van der Waals surface area contributed by atoms with Gasteiger partial charge in [-0.05, 0) is 37.3 Å². The largest absolute Gasteiger partial charge is 0.356 e. The summed E-state index contributed by atoms with van der Waals surface area (Å²) in [4.78, 5) is 15.9. The Morgan fingerprint density at radius 2 is 1.92 bits per heavy atom. The predicted molar refractivity (Wildman–Crippen MR) is 100 cm³/mol. The summed E-state index contributed by atoms with van der Waals surface area (Å²) in [7, 11) is 1.77. The summed E-state index contributed by atoms with van der Waals surface area (Å²) < 4.78 is 1.18. The molecule has 0 aliphatic heterocycles. The van der Waals surface area contributed by atoms with E-state index in [-0.39, 0.29) is 17.2 Å². The molecule has 0 aromatic heterocycles. The molecule has 0 atom stereocenters. The molecular formula is C18H25BrN4O. The first-order valence-electron chi connectivity index (χ1n) is 8.62. The van der Waals surface area contributed by atoms with Crippen molar-refractivity contribution in [2.24, 2.45) is 10.9 Å². The van der Waals surface area contributed by atoms with Crippen molar-refractivity contribution in [1.82, 2.24) is 16.0 Å². The number of amides is 1. The van der Waals surface area contributed by atoms with E-state index in [0.717, 1.165) is 25.3 Å². The van der Waals surface area contributed by atoms with Gasteiger partial charge in [-0.15, -0.1) is 0 Å². The highest BCUT2D eigenvalue weighted by Gasteiger charge is 2.45. The SMILES string of the molecule is CN=C(NCCNC(=O)C1CC1)NCC1(c2ccccc2Br)CC1. The van der Waals surface area contributed by atoms with Crippen LogP contribution in [0.4, 0.5) is 0 Å². The van der Waals surface area contributed by atoms with Gasteiger partial charge in [-0.3, -0.25) is 9.79 Å². The molecule has 2 fully saturated rings. The second kappa shape index (κ2) is 7.55. The van der Waals surface area contributed by atoms with Gasteiger partial charge in [0.05, 0.1) is 0 Å². The van der Waals surface area contributed by atoms with Crippen LogP contribution in [0, 0.1) is 5.92 Å². The number of carbonyl (C=O) groups excluding carboxylic acids is 1. The molecule has 2 aliphatic rings. The average molecular weight is 393 g/mol. The maximum absolute atomic E-state index is 11.6. The summed E-state index contributed by atoms with van der Waals surface area (Å²) in [6.07, 6.45) is 4.47. The number of carbonyl (C=O) groups is 1. The zero-order valence-corrected chi connectivity index (χ0v) is 15.7. The molecule has 0 saturated heterocycles. The van der Waals surface area contributed by atoms with Crippen LogP contribution in [-0.4, -0.2) is 38.5 Å². The van der Waals surface area contributed by atoms with Gasteiger partial charge >= 0.3 is 0 Å². The molecule has 0 heterocycles. The standard InChI is InChI=1S/C18H25BrN4O/c1-20-17(22-11-10-21-16(24)13-6-7-13)23-12-18(8-9-18)14-4-2-3-5-15(14)19/h2-5,13H,6-12H2,1H3,(H,21,24)(H2,20,22,23). The first kappa shape index (κ1) is 17.3. The number of guanidine groups is 1. The van der Waals surface area contributed by atoms with Gasteiger partial charge in [-0.1, -0.05) is 34.1 Å². The Bertz CT molecular complexity index is 623. The van der Waals surface area contributed by atoms with E-state index in [1.54, 1.807) is 7.05 Å². The van der Waals surface area contributed by atoms with Gasteiger partial charge in [0.2, 0.25) is 5.91 Å². The van der Waals surface area contributed by atoms with Crippen molar-refractivity contribution >= 4 is 27.8 Å². The lowest BCUT2D eigenvalue weighted by molar-refractivity contribution is -0.122. The summed E-state index contributed by atoms with van der Waals surface area (Å²) in [5.41, 5.74) is 1.57. The van der Waals surface area contributed by atoms with Crippen molar-refractivity contribution in [1.29, 1.82) is 0 Å². The summed E-state index contributed by atoms with van der Waals surface area (Å²) >= 11 is 3.66. The highest BCUT2D eigenvalue weighted by atomic mass is 79.9. The first-order chi connectivity index (χ1) is 11.6. The lowest BCUT2D eigenvalue weighted by atomic mass is 9.96. The van der Waals surface area contributed by atoms with Crippen molar-refractivity contribution < 1.29 is 4.79 Å². The third-order valence-electron chi connectivity index (χ3n) is 4.78. The fourth-order valence-corrected chi connectivity index (χ4v) is 3.62. The van der Waals surface area contributed by atoms with Crippen LogP contribution in [0.25, 0.3) is 0 Å². The normalized spacial score (nSPS) is 18.8. The molecule has 0 radical (unpaired) electrons. The first-order valence-corrected chi connectivity index (χ1v) is 9.41. The van der Waals surface area contributed by atoms with E-state index in [1.807, 2.05) is 6.07 Å². The van der Waals surface area contributed by atoms with Crippen molar-refractivity contribution in [3.63, 3.8) is 0 Å². The number of benzene rings is 1. The summed E-state index contributed by atoms with van der Waals surface area (Å²) in [5.74, 6) is 1.24. The number of halogens is 1. The minimum atomic E-state index is 0.186. The monoisotopic (exact) mass is 392 g/mol. The van der Waals surface area contributed by atoms with Gasteiger partial charge in [0, 0.05) is 42.5 Å². The molecule has 130 valence electrons. The minimum absolute atomic E-state index is 0.186. The number of hydrogen-bond donors (Lipinski definition) is 3. The third-order valence-corrected chi connectivity index (χ3v) is 5.47. The molecule has 3 N–H and O–H groups in total. The molecule has 3 rings (SSSR count). The lowest BCUT2D eigenvalue weighted by Crippen LogP contribution is -2.44. The molecule has 24 heavy (non-hydrogen) atoms. The van der Waals surface area contributed by atoms with E-state index in [2.05, 4.69) is 55.1 Å². The molecule has 0 spiro atoms. The van der Waals surface area contributed by atoms with Crippen molar-refractivity contribution in [3.05, 3.63) is 34.3 Å². The molecule has 0 unspecified atom stereocenters. The fraction of sp³-hybridized carbons (Fsp3) is 0.556. The zero-order valence-electron chi connectivity index (χ0n) is 14.1. The second-order valence-electron chi connectivity index (χ2n) is 6.68. The van der Waals surface area contributed by atoms with Gasteiger partial charge in [-0.2, -0.15) is 0 Å². The van der Waals surface area contributed by atoms with Crippen molar-refractivity contribution in [2.45, 2.75) is 31.1 Å². The Morgan fingerprint density at radius 3 is 2.54 bits per heavy atom. The maximum atomic E-state index is 11.6. The molecule has 5 nitrogen and oxygen atoms in total. The van der Waals surface area contributed by atoms with Crippen molar-refractivity contribution in [3.8, 4) is 0 Å². The van der Waals surface area contributed by atoms with Crippen LogP contribution in [-0.2, 0) is 10.2 Å². The molecule has 1 aromatic carbocycles. The van der Waals surface area contributed by atoms with Crippen molar-refractivity contribution in [2.75, 3.05) is 26.7 Å². The molecule has 1 aromatic rings. The van der Waals surface area contributed by atoms with Crippen LogP contribution >= 0.6 is 15.9 Å². The van der Waals surface area contributed by atoms with Crippen LogP contribution in [0.2, 0.25) is 0 Å². The van der Waals surface area contributed by atoms with E-state index >= 15 is 0 Å². The van der Waals surface area contributed by atoms with Crippen LogP contribution in [0.15, 0.2) is 33.7 Å². The summed E-state index contributed by atoms with van der Waals surface area (Å²) in [5, 5.41) is 9.64. The summed E-state index contributed by atoms with van der Waals surface area (Å²) in [6, 6.07) is 8.44. The van der Waals surface area contributed by atoms with E-state index < -0.39 is 0 Å². The number of rotatable bonds is 7. The Balaban J connectivity index is 1.42. The zero-order chi connectivity index (χ0) is 17.0. The quantitative estimate of drug-likeness (QED) is 0.378. The number of aliphatic imine (C=N–C) groups is 1. The average Bonchev–Trinajstić information content (AvgIpc) is 3.48. The summed E-state index contributed by atoms with van der Waals surface area (Å²) in [6.45, 7) is 2.18. The van der Waals surface area contributed by atoms with Crippen LogP contribution in [0.1, 0.15) is 31.2 Å². The Morgan fingerprint density at radius 1 is 1.21 bits per heavy atom. The molecule has 2 saturated carbocycles. The van der Waals surface area contributed by atoms with E-state index in [1.165, 1.54) is 22.9 Å². The van der Waals surface area contributed by atoms with Crippen LogP contribution < -0.4 is 16.0 Å². The molecule has 1 amide bonds.